The standard InChI is InChI=1S/C19H20N6O2/c1-14(26)21-16-4-2-15(3-5-16)12-19(27)25-10-8-24(9-11-25)18-7-6-17(13-20)22-23-18/h2-7H,8-12H2,1H3,(H,21,26). The van der Waals surface area contributed by atoms with E-state index in [-0.39, 0.29) is 17.5 Å². The number of piperazine rings is 1. The number of hydrogen-bond donors (Lipinski definition) is 1. The third kappa shape index (κ3) is 4.79. The van der Waals surface area contributed by atoms with Gasteiger partial charge in [-0.3, -0.25) is 9.59 Å². The summed E-state index contributed by atoms with van der Waals surface area (Å²) in [5.74, 6) is 0.672. The molecule has 0 bridgehead atoms. The van der Waals surface area contributed by atoms with Crippen molar-refractivity contribution in [1.82, 2.24) is 15.1 Å². The molecule has 0 unspecified atom stereocenters. The molecular weight excluding hydrogens is 344 g/mol. The van der Waals surface area contributed by atoms with Crippen LogP contribution in [0.2, 0.25) is 0 Å². The third-order valence-corrected chi connectivity index (χ3v) is 4.35. The zero-order valence-electron chi connectivity index (χ0n) is 15.1. The second kappa shape index (κ2) is 8.27. The van der Waals surface area contributed by atoms with Gasteiger partial charge in [0.15, 0.2) is 11.5 Å². The Morgan fingerprint density at radius 2 is 1.78 bits per heavy atom. The van der Waals surface area contributed by atoms with Crippen LogP contribution in [0, 0.1) is 11.3 Å². The Hall–Kier alpha value is -3.47. The number of nitriles is 1. The number of carbonyl (C=O) groups is 2. The van der Waals surface area contributed by atoms with Crippen molar-refractivity contribution in [2.45, 2.75) is 13.3 Å². The fourth-order valence-corrected chi connectivity index (χ4v) is 2.93. The van der Waals surface area contributed by atoms with Gasteiger partial charge in [-0.15, -0.1) is 10.2 Å². The molecule has 0 saturated carbocycles. The fourth-order valence-electron chi connectivity index (χ4n) is 2.93. The molecule has 0 aliphatic carbocycles. The van der Waals surface area contributed by atoms with Crippen LogP contribution >= 0.6 is 0 Å². The van der Waals surface area contributed by atoms with Crippen LogP contribution < -0.4 is 10.2 Å². The van der Waals surface area contributed by atoms with Gasteiger partial charge in [0.1, 0.15) is 6.07 Å². The number of anilines is 2. The number of aromatic nitrogens is 2. The lowest BCUT2D eigenvalue weighted by atomic mass is 10.1. The van der Waals surface area contributed by atoms with Crippen molar-refractivity contribution >= 4 is 23.3 Å². The van der Waals surface area contributed by atoms with Crippen LogP contribution in [0.1, 0.15) is 18.2 Å². The predicted octanol–water partition coefficient (Wildman–Crippen LogP) is 1.20. The topological polar surface area (TPSA) is 102 Å². The second-order valence-corrected chi connectivity index (χ2v) is 6.31. The monoisotopic (exact) mass is 364 g/mol. The molecule has 1 N–H and O–H groups in total. The zero-order chi connectivity index (χ0) is 19.2. The molecule has 2 amide bonds. The van der Waals surface area contributed by atoms with Crippen molar-refractivity contribution in [1.29, 1.82) is 5.26 Å². The molecule has 1 aliphatic heterocycles. The van der Waals surface area contributed by atoms with Gasteiger partial charge in [-0.2, -0.15) is 5.26 Å². The average molecular weight is 364 g/mol. The highest BCUT2D eigenvalue weighted by Gasteiger charge is 2.22. The maximum absolute atomic E-state index is 12.5. The first-order valence-electron chi connectivity index (χ1n) is 8.68. The number of amides is 2. The molecule has 1 saturated heterocycles. The third-order valence-electron chi connectivity index (χ3n) is 4.35. The van der Waals surface area contributed by atoms with Crippen molar-refractivity contribution in [2.75, 3.05) is 36.4 Å². The Balaban J connectivity index is 1.52. The minimum absolute atomic E-state index is 0.0767. The predicted molar refractivity (Wildman–Crippen MR) is 100.0 cm³/mol. The van der Waals surface area contributed by atoms with Gasteiger partial charge in [0.05, 0.1) is 6.42 Å². The van der Waals surface area contributed by atoms with E-state index in [1.165, 1.54) is 6.92 Å². The molecule has 8 nitrogen and oxygen atoms in total. The Bertz CT molecular complexity index is 849. The first-order valence-corrected chi connectivity index (χ1v) is 8.68. The highest BCUT2D eigenvalue weighted by atomic mass is 16.2. The van der Waals surface area contributed by atoms with Crippen LogP contribution in [0.4, 0.5) is 11.5 Å². The zero-order valence-corrected chi connectivity index (χ0v) is 15.1. The van der Waals surface area contributed by atoms with Crippen molar-refractivity contribution in [3.8, 4) is 6.07 Å². The summed E-state index contributed by atoms with van der Waals surface area (Å²) in [5.41, 5.74) is 1.92. The molecule has 0 atom stereocenters. The lowest BCUT2D eigenvalue weighted by Crippen LogP contribution is -2.49. The van der Waals surface area contributed by atoms with E-state index >= 15 is 0 Å². The van der Waals surface area contributed by atoms with Crippen molar-refractivity contribution in [2.24, 2.45) is 0 Å². The minimum atomic E-state index is -0.122. The Morgan fingerprint density at radius 3 is 2.33 bits per heavy atom. The largest absolute Gasteiger partial charge is 0.352 e. The molecule has 138 valence electrons. The van der Waals surface area contributed by atoms with Gasteiger partial charge < -0.3 is 15.1 Å². The first kappa shape index (κ1) is 18.3. The molecule has 2 aromatic rings. The minimum Gasteiger partial charge on any atom is -0.352 e. The van der Waals surface area contributed by atoms with Gasteiger partial charge in [-0.25, -0.2) is 0 Å². The number of nitrogens with zero attached hydrogens (tertiary/aromatic N) is 5. The van der Waals surface area contributed by atoms with E-state index in [0.717, 1.165) is 17.1 Å². The van der Waals surface area contributed by atoms with Crippen LogP contribution in [0.3, 0.4) is 0 Å². The summed E-state index contributed by atoms with van der Waals surface area (Å²) in [6, 6.07) is 12.7. The maximum atomic E-state index is 12.5. The highest BCUT2D eigenvalue weighted by Crippen LogP contribution is 2.15. The molecular formula is C19H20N6O2. The van der Waals surface area contributed by atoms with Crippen LogP contribution in [0.15, 0.2) is 36.4 Å². The second-order valence-electron chi connectivity index (χ2n) is 6.31. The summed E-state index contributed by atoms with van der Waals surface area (Å²) in [6.07, 6.45) is 0.330. The summed E-state index contributed by atoms with van der Waals surface area (Å²) in [5, 5.41) is 19.4. The van der Waals surface area contributed by atoms with Crippen molar-refractivity contribution < 1.29 is 9.59 Å². The van der Waals surface area contributed by atoms with Crippen LogP contribution in [-0.2, 0) is 16.0 Å². The molecule has 8 heteroatoms. The average Bonchev–Trinajstić information content (AvgIpc) is 2.69. The van der Waals surface area contributed by atoms with Crippen LogP contribution in [0.25, 0.3) is 0 Å². The van der Waals surface area contributed by atoms with E-state index in [0.29, 0.717) is 32.6 Å². The van der Waals surface area contributed by atoms with Gasteiger partial charge in [-0.1, -0.05) is 12.1 Å². The molecule has 1 aromatic heterocycles. The smallest absolute Gasteiger partial charge is 0.227 e. The Kier molecular flexibility index (Phi) is 5.61. The number of carbonyl (C=O) groups excluding carboxylic acids is 2. The number of nitrogens with one attached hydrogen (secondary N) is 1. The normalized spacial score (nSPS) is 13.8. The fraction of sp³-hybridized carbons (Fsp3) is 0.316. The van der Waals surface area contributed by atoms with E-state index in [4.69, 9.17) is 5.26 Å². The first-order chi connectivity index (χ1) is 13.0. The molecule has 0 spiro atoms. The summed E-state index contributed by atoms with van der Waals surface area (Å²) < 4.78 is 0. The van der Waals surface area contributed by atoms with E-state index in [9.17, 15) is 9.59 Å². The SMILES string of the molecule is CC(=O)Nc1ccc(CC(=O)N2CCN(c3ccc(C#N)nn3)CC2)cc1. The van der Waals surface area contributed by atoms with Gasteiger partial charge in [-0.05, 0) is 29.8 Å². The van der Waals surface area contributed by atoms with E-state index in [2.05, 4.69) is 20.4 Å². The summed E-state index contributed by atoms with van der Waals surface area (Å²) in [6.45, 7) is 4.04. The molecule has 1 aliphatic rings. The van der Waals surface area contributed by atoms with Crippen LogP contribution in [-0.4, -0.2) is 53.1 Å². The molecule has 3 rings (SSSR count). The van der Waals surface area contributed by atoms with Gasteiger partial charge in [0.2, 0.25) is 11.8 Å². The van der Waals surface area contributed by atoms with Crippen molar-refractivity contribution in [3.63, 3.8) is 0 Å². The number of benzene rings is 1. The summed E-state index contributed by atoms with van der Waals surface area (Å²) >= 11 is 0. The molecule has 0 radical (unpaired) electrons. The van der Waals surface area contributed by atoms with Gasteiger partial charge in [0, 0.05) is 38.8 Å². The van der Waals surface area contributed by atoms with Gasteiger partial charge in [0.25, 0.3) is 0 Å². The Labute approximate surface area is 157 Å². The highest BCUT2D eigenvalue weighted by molar-refractivity contribution is 5.88. The van der Waals surface area contributed by atoms with E-state index in [1.54, 1.807) is 24.3 Å². The lowest BCUT2D eigenvalue weighted by Gasteiger charge is -2.35. The lowest BCUT2D eigenvalue weighted by molar-refractivity contribution is -0.130. The number of rotatable bonds is 4. The Morgan fingerprint density at radius 1 is 1.07 bits per heavy atom. The summed E-state index contributed by atoms with van der Waals surface area (Å²) in [4.78, 5) is 27.5. The van der Waals surface area contributed by atoms with Crippen LogP contribution in [0.5, 0.6) is 0 Å². The van der Waals surface area contributed by atoms with Crippen molar-refractivity contribution in [3.05, 3.63) is 47.7 Å². The molecule has 27 heavy (non-hydrogen) atoms. The van der Waals surface area contributed by atoms with E-state index in [1.807, 2.05) is 23.1 Å². The van der Waals surface area contributed by atoms with E-state index < -0.39 is 0 Å². The maximum Gasteiger partial charge on any atom is 0.227 e. The number of hydrogen-bond acceptors (Lipinski definition) is 6. The molecule has 1 aromatic carbocycles. The molecule has 1 fully saturated rings. The van der Waals surface area contributed by atoms with Gasteiger partial charge >= 0.3 is 0 Å². The quantitative estimate of drug-likeness (QED) is 0.874. The molecule has 2 heterocycles. The summed E-state index contributed by atoms with van der Waals surface area (Å²) in [7, 11) is 0.